The van der Waals surface area contributed by atoms with Gasteiger partial charge in [-0.3, -0.25) is 10.1 Å². The van der Waals surface area contributed by atoms with Gasteiger partial charge in [-0.15, -0.1) is 0 Å². The molecule has 0 unspecified atom stereocenters. The van der Waals surface area contributed by atoms with Crippen LogP contribution in [-0.2, 0) is 4.74 Å². The number of carbonyl (C=O) groups is 1. The molecule has 0 aliphatic rings. The van der Waals surface area contributed by atoms with Gasteiger partial charge in [-0.1, -0.05) is 23.7 Å². The van der Waals surface area contributed by atoms with Crippen LogP contribution in [0.4, 0.5) is 5.69 Å². The molecule has 0 spiro atoms. The molecule has 0 saturated carbocycles. The second-order valence-electron chi connectivity index (χ2n) is 4.67. The fraction of sp³-hybridized carbons (Fsp3) is 0.188. The number of carbonyl (C=O) groups excluding carboxylic acids is 1. The maximum Gasteiger partial charge on any atom is 0.345 e. The molecular formula is C16H14ClNO5. The van der Waals surface area contributed by atoms with Crippen LogP contribution in [0.25, 0.3) is 0 Å². The van der Waals surface area contributed by atoms with Crippen molar-refractivity contribution >= 4 is 23.3 Å². The number of aryl methyl sites for hydroxylation is 1. The van der Waals surface area contributed by atoms with E-state index in [-0.39, 0.29) is 24.5 Å². The van der Waals surface area contributed by atoms with Gasteiger partial charge in [0.25, 0.3) is 5.69 Å². The summed E-state index contributed by atoms with van der Waals surface area (Å²) in [5.41, 5.74) is 0.0967. The lowest BCUT2D eigenvalue weighted by atomic mass is 10.1. The highest BCUT2D eigenvalue weighted by atomic mass is 35.5. The first-order valence-corrected chi connectivity index (χ1v) is 7.16. The number of para-hydroxylation sites is 1. The normalized spacial score (nSPS) is 10.2. The lowest BCUT2D eigenvalue weighted by Gasteiger charge is -2.08. The zero-order valence-electron chi connectivity index (χ0n) is 12.3. The lowest BCUT2D eigenvalue weighted by Crippen LogP contribution is -2.14. The number of nitrogens with zero attached hydrogens (tertiary/aromatic N) is 1. The molecule has 0 heterocycles. The predicted octanol–water partition coefficient (Wildman–Crippen LogP) is 3.79. The molecule has 7 heteroatoms. The fourth-order valence-corrected chi connectivity index (χ4v) is 2.09. The molecule has 0 N–H and O–H groups in total. The van der Waals surface area contributed by atoms with Crippen LogP contribution in [0.2, 0.25) is 5.02 Å². The van der Waals surface area contributed by atoms with Crippen molar-refractivity contribution in [2.75, 3.05) is 13.2 Å². The minimum atomic E-state index is -0.750. The molecule has 2 aromatic rings. The monoisotopic (exact) mass is 335 g/mol. The number of hydrogen-bond acceptors (Lipinski definition) is 5. The highest BCUT2D eigenvalue weighted by molar-refractivity contribution is 6.30. The fourth-order valence-electron chi connectivity index (χ4n) is 1.97. The van der Waals surface area contributed by atoms with Crippen LogP contribution in [0.15, 0.2) is 42.5 Å². The third-order valence-corrected chi connectivity index (χ3v) is 3.29. The Hall–Kier alpha value is -2.60. The van der Waals surface area contributed by atoms with E-state index in [1.807, 2.05) is 0 Å². The van der Waals surface area contributed by atoms with Gasteiger partial charge in [-0.2, -0.15) is 0 Å². The number of rotatable bonds is 6. The Bertz CT molecular complexity index is 715. The summed E-state index contributed by atoms with van der Waals surface area (Å²) >= 11 is 5.76. The SMILES string of the molecule is Cc1cccc(C(=O)OCCOc2ccc(Cl)cc2)c1[N+](=O)[O-]. The lowest BCUT2D eigenvalue weighted by molar-refractivity contribution is -0.385. The van der Waals surface area contributed by atoms with E-state index in [4.69, 9.17) is 21.1 Å². The molecule has 0 bridgehead atoms. The van der Waals surface area contributed by atoms with Crippen LogP contribution >= 0.6 is 11.6 Å². The van der Waals surface area contributed by atoms with Crippen LogP contribution in [0.3, 0.4) is 0 Å². The topological polar surface area (TPSA) is 78.7 Å². The molecule has 0 amide bonds. The zero-order chi connectivity index (χ0) is 16.8. The van der Waals surface area contributed by atoms with E-state index in [0.29, 0.717) is 16.3 Å². The molecule has 120 valence electrons. The van der Waals surface area contributed by atoms with Crippen molar-refractivity contribution in [2.24, 2.45) is 0 Å². The van der Waals surface area contributed by atoms with Crippen molar-refractivity contribution in [3.05, 3.63) is 68.7 Å². The maximum atomic E-state index is 12.0. The molecule has 0 saturated heterocycles. The van der Waals surface area contributed by atoms with Gasteiger partial charge >= 0.3 is 5.97 Å². The van der Waals surface area contributed by atoms with Crippen molar-refractivity contribution in [3.63, 3.8) is 0 Å². The first-order chi connectivity index (χ1) is 11.0. The third-order valence-electron chi connectivity index (χ3n) is 3.04. The Morgan fingerprint density at radius 1 is 1.17 bits per heavy atom. The number of benzene rings is 2. The van der Waals surface area contributed by atoms with E-state index in [0.717, 1.165) is 0 Å². The predicted molar refractivity (Wildman–Crippen MR) is 85.1 cm³/mol. The van der Waals surface area contributed by atoms with E-state index in [9.17, 15) is 14.9 Å². The average Bonchev–Trinajstić information content (AvgIpc) is 2.52. The summed E-state index contributed by atoms with van der Waals surface area (Å²) in [6.45, 7) is 1.68. The number of halogens is 1. The second-order valence-corrected chi connectivity index (χ2v) is 5.10. The Labute approximate surface area is 137 Å². The minimum Gasteiger partial charge on any atom is -0.490 e. The van der Waals surface area contributed by atoms with Crippen LogP contribution in [-0.4, -0.2) is 24.1 Å². The highest BCUT2D eigenvalue weighted by Gasteiger charge is 2.23. The summed E-state index contributed by atoms with van der Waals surface area (Å²) in [6.07, 6.45) is 0. The van der Waals surface area contributed by atoms with Crippen LogP contribution in [0, 0.1) is 17.0 Å². The third kappa shape index (κ3) is 4.43. The molecule has 0 aliphatic carbocycles. The average molecular weight is 336 g/mol. The number of nitro groups is 1. The van der Waals surface area contributed by atoms with Crippen LogP contribution < -0.4 is 4.74 Å². The van der Waals surface area contributed by atoms with Gasteiger partial charge in [-0.05, 0) is 37.3 Å². The summed E-state index contributed by atoms with van der Waals surface area (Å²) < 4.78 is 10.4. The summed E-state index contributed by atoms with van der Waals surface area (Å²) in [6, 6.07) is 11.2. The molecule has 0 atom stereocenters. The molecule has 2 aromatic carbocycles. The first-order valence-electron chi connectivity index (χ1n) is 6.78. The van der Waals surface area contributed by atoms with Gasteiger partial charge in [0.2, 0.25) is 0 Å². The van der Waals surface area contributed by atoms with E-state index in [1.165, 1.54) is 6.07 Å². The first kappa shape index (κ1) is 16.8. The largest absolute Gasteiger partial charge is 0.490 e. The van der Waals surface area contributed by atoms with Gasteiger partial charge in [0.1, 0.15) is 24.5 Å². The Morgan fingerprint density at radius 3 is 2.52 bits per heavy atom. The summed E-state index contributed by atoms with van der Waals surface area (Å²) in [7, 11) is 0. The Kier molecular flexibility index (Phi) is 5.54. The van der Waals surface area contributed by atoms with Crippen molar-refractivity contribution in [1.82, 2.24) is 0 Å². The van der Waals surface area contributed by atoms with Crippen molar-refractivity contribution in [1.29, 1.82) is 0 Å². The quantitative estimate of drug-likeness (QED) is 0.347. The van der Waals surface area contributed by atoms with Crippen LogP contribution in [0.5, 0.6) is 5.75 Å². The number of nitro benzene ring substituents is 1. The number of hydrogen-bond donors (Lipinski definition) is 0. The Morgan fingerprint density at radius 2 is 1.87 bits per heavy atom. The summed E-state index contributed by atoms with van der Waals surface area (Å²) in [5.74, 6) is -0.160. The summed E-state index contributed by atoms with van der Waals surface area (Å²) in [4.78, 5) is 22.4. The molecular weight excluding hydrogens is 322 g/mol. The molecule has 0 radical (unpaired) electrons. The number of ether oxygens (including phenoxy) is 2. The van der Waals surface area contributed by atoms with Crippen LogP contribution in [0.1, 0.15) is 15.9 Å². The highest BCUT2D eigenvalue weighted by Crippen LogP contribution is 2.23. The molecule has 0 fully saturated rings. The van der Waals surface area contributed by atoms with Crippen molar-refractivity contribution in [3.8, 4) is 5.75 Å². The number of esters is 1. The van der Waals surface area contributed by atoms with E-state index >= 15 is 0 Å². The zero-order valence-corrected chi connectivity index (χ0v) is 13.1. The van der Waals surface area contributed by atoms with E-state index in [2.05, 4.69) is 0 Å². The van der Waals surface area contributed by atoms with Crippen molar-refractivity contribution < 1.29 is 19.2 Å². The van der Waals surface area contributed by atoms with Gasteiger partial charge in [0.05, 0.1) is 4.92 Å². The second kappa shape index (κ2) is 7.60. The molecule has 23 heavy (non-hydrogen) atoms. The molecule has 0 aliphatic heterocycles. The molecule has 6 nitrogen and oxygen atoms in total. The van der Waals surface area contributed by atoms with Gasteiger partial charge in [0, 0.05) is 10.6 Å². The van der Waals surface area contributed by atoms with Gasteiger partial charge < -0.3 is 9.47 Å². The van der Waals surface area contributed by atoms with Gasteiger partial charge in [-0.25, -0.2) is 4.79 Å². The smallest absolute Gasteiger partial charge is 0.345 e. The minimum absolute atomic E-state index is 0.0213. The van der Waals surface area contributed by atoms with E-state index in [1.54, 1.807) is 43.3 Å². The van der Waals surface area contributed by atoms with Gasteiger partial charge in [0.15, 0.2) is 0 Å². The summed E-state index contributed by atoms with van der Waals surface area (Å²) in [5, 5.41) is 11.6. The van der Waals surface area contributed by atoms with E-state index < -0.39 is 10.9 Å². The maximum absolute atomic E-state index is 12.0. The van der Waals surface area contributed by atoms with Crippen molar-refractivity contribution in [2.45, 2.75) is 6.92 Å². The Balaban J connectivity index is 1.91. The molecule has 0 aromatic heterocycles. The molecule has 2 rings (SSSR count). The standard InChI is InChI=1S/C16H14ClNO5/c1-11-3-2-4-14(15(11)18(20)21)16(19)23-10-9-22-13-7-5-12(17)6-8-13/h2-8H,9-10H2,1H3.